The minimum absolute atomic E-state index is 0.0935. The van der Waals surface area contributed by atoms with Gasteiger partial charge in [0.1, 0.15) is 6.07 Å². The lowest BCUT2D eigenvalue weighted by atomic mass is 10.2. The first-order valence-corrected chi connectivity index (χ1v) is 2.93. The predicted molar refractivity (Wildman–Crippen MR) is 34.8 cm³/mol. The van der Waals surface area contributed by atoms with Crippen LogP contribution in [0.1, 0.15) is 11.3 Å². The predicted octanol–water partition coefficient (Wildman–Crippen LogP) is 0.585. The molecule has 0 atom stereocenters. The van der Waals surface area contributed by atoms with E-state index in [-0.39, 0.29) is 12.2 Å². The summed E-state index contributed by atoms with van der Waals surface area (Å²) in [5.41, 5.74) is 0.201. The van der Waals surface area contributed by atoms with Crippen LogP contribution in [0.2, 0.25) is 0 Å². The fraction of sp³-hybridized carbons (Fsp3) is 0.143. The topological polar surface area (TPSA) is 56.9 Å². The molecule has 0 bridgehead atoms. The van der Waals surface area contributed by atoms with E-state index in [0.717, 1.165) is 6.20 Å². The van der Waals surface area contributed by atoms with Crippen molar-refractivity contribution in [3.05, 3.63) is 29.3 Å². The van der Waals surface area contributed by atoms with Gasteiger partial charge in [-0.3, -0.25) is 4.98 Å². The van der Waals surface area contributed by atoms with Gasteiger partial charge in [0.05, 0.1) is 24.1 Å². The van der Waals surface area contributed by atoms with Crippen molar-refractivity contribution >= 4 is 0 Å². The number of hydrogen-bond acceptors (Lipinski definition) is 3. The largest absolute Gasteiger partial charge is 0.390 e. The van der Waals surface area contributed by atoms with Crippen LogP contribution in [0.3, 0.4) is 0 Å². The maximum absolute atomic E-state index is 12.5. The van der Waals surface area contributed by atoms with Crippen LogP contribution in [0.25, 0.3) is 0 Å². The molecule has 56 valence electrons. The van der Waals surface area contributed by atoms with E-state index >= 15 is 0 Å². The summed E-state index contributed by atoms with van der Waals surface area (Å²) in [6.07, 6.45) is 0.921. The molecule has 3 nitrogen and oxygen atoms in total. The standard InChI is InChI=1S/C7H5FN2O/c8-7-3-10-6(4-11)1-5(7)2-9/h1,3,11H,4H2. The van der Waals surface area contributed by atoms with E-state index in [4.69, 9.17) is 10.4 Å². The Hall–Kier alpha value is -1.47. The minimum atomic E-state index is -0.662. The highest BCUT2D eigenvalue weighted by Gasteiger charge is 2.01. The second-order valence-electron chi connectivity index (χ2n) is 1.93. The van der Waals surface area contributed by atoms with Gasteiger partial charge in [0.2, 0.25) is 0 Å². The molecule has 0 saturated carbocycles. The van der Waals surface area contributed by atoms with Crippen molar-refractivity contribution in [2.24, 2.45) is 0 Å². The summed E-state index contributed by atoms with van der Waals surface area (Å²) >= 11 is 0. The van der Waals surface area contributed by atoms with Crippen LogP contribution in [-0.4, -0.2) is 10.1 Å². The summed E-state index contributed by atoms with van der Waals surface area (Å²) in [7, 11) is 0. The van der Waals surface area contributed by atoms with E-state index in [1.165, 1.54) is 6.07 Å². The molecule has 0 radical (unpaired) electrons. The number of aliphatic hydroxyl groups excluding tert-OH is 1. The van der Waals surface area contributed by atoms with Crippen molar-refractivity contribution in [3.8, 4) is 6.07 Å². The van der Waals surface area contributed by atoms with Crippen molar-refractivity contribution < 1.29 is 9.50 Å². The van der Waals surface area contributed by atoms with Crippen molar-refractivity contribution in [2.75, 3.05) is 0 Å². The monoisotopic (exact) mass is 152 g/mol. The molecule has 0 spiro atoms. The summed E-state index contributed by atoms with van der Waals surface area (Å²) < 4.78 is 12.5. The molecular formula is C7H5FN2O. The average Bonchev–Trinajstić information content (AvgIpc) is 2.05. The normalized spacial score (nSPS) is 9.18. The molecule has 1 aromatic rings. The molecule has 0 fully saturated rings. The third-order valence-electron chi connectivity index (χ3n) is 1.19. The molecule has 1 rings (SSSR count). The molecule has 1 N–H and O–H groups in total. The maximum Gasteiger partial charge on any atom is 0.159 e. The third-order valence-corrected chi connectivity index (χ3v) is 1.19. The van der Waals surface area contributed by atoms with E-state index in [0.29, 0.717) is 5.69 Å². The van der Waals surface area contributed by atoms with Crippen LogP contribution in [0.4, 0.5) is 4.39 Å². The van der Waals surface area contributed by atoms with E-state index in [9.17, 15) is 4.39 Å². The number of hydrogen-bond donors (Lipinski definition) is 1. The second-order valence-corrected chi connectivity index (χ2v) is 1.93. The number of halogens is 1. The minimum Gasteiger partial charge on any atom is -0.390 e. The van der Waals surface area contributed by atoms with E-state index in [1.807, 2.05) is 0 Å². The molecule has 0 aliphatic heterocycles. The Morgan fingerprint density at radius 2 is 2.45 bits per heavy atom. The second kappa shape index (κ2) is 3.08. The van der Waals surface area contributed by atoms with E-state index in [2.05, 4.69) is 4.98 Å². The Balaban J connectivity index is 3.15. The lowest BCUT2D eigenvalue weighted by Crippen LogP contribution is -1.92. The fourth-order valence-electron chi connectivity index (χ4n) is 0.654. The van der Waals surface area contributed by atoms with Gasteiger partial charge in [-0.1, -0.05) is 0 Å². The summed E-state index contributed by atoms with van der Waals surface area (Å²) in [6, 6.07) is 2.86. The van der Waals surface area contributed by atoms with Gasteiger partial charge in [0.25, 0.3) is 0 Å². The summed E-state index contributed by atoms with van der Waals surface area (Å²) in [5, 5.41) is 16.9. The molecule has 0 aliphatic rings. The maximum atomic E-state index is 12.5. The first kappa shape index (κ1) is 7.63. The molecule has 11 heavy (non-hydrogen) atoms. The number of rotatable bonds is 1. The number of nitriles is 1. The van der Waals surface area contributed by atoms with E-state index in [1.54, 1.807) is 6.07 Å². The van der Waals surface area contributed by atoms with Crippen molar-refractivity contribution in [2.45, 2.75) is 6.61 Å². The van der Waals surface area contributed by atoms with Crippen molar-refractivity contribution in [1.82, 2.24) is 4.98 Å². The fourth-order valence-corrected chi connectivity index (χ4v) is 0.654. The Bertz CT molecular complexity index is 306. The Morgan fingerprint density at radius 1 is 1.73 bits per heavy atom. The zero-order valence-electron chi connectivity index (χ0n) is 5.58. The lowest BCUT2D eigenvalue weighted by molar-refractivity contribution is 0.276. The summed E-state index contributed by atoms with van der Waals surface area (Å²) in [5.74, 6) is -0.662. The van der Waals surface area contributed by atoms with Crippen LogP contribution in [0.5, 0.6) is 0 Å². The first-order chi connectivity index (χ1) is 5.27. The number of aliphatic hydroxyl groups is 1. The van der Waals surface area contributed by atoms with Crippen LogP contribution >= 0.6 is 0 Å². The zero-order chi connectivity index (χ0) is 8.27. The van der Waals surface area contributed by atoms with Gasteiger partial charge >= 0.3 is 0 Å². The summed E-state index contributed by atoms with van der Waals surface area (Å²) in [6.45, 7) is -0.283. The van der Waals surface area contributed by atoms with Crippen LogP contribution < -0.4 is 0 Å². The first-order valence-electron chi connectivity index (χ1n) is 2.93. The third kappa shape index (κ3) is 1.51. The quantitative estimate of drug-likeness (QED) is 0.640. The van der Waals surface area contributed by atoms with Crippen LogP contribution in [0.15, 0.2) is 12.3 Å². The molecule has 1 heterocycles. The Kier molecular flexibility index (Phi) is 2.14. The Labute approximate surface area is 62.7 Å². The van der Waals surface area contributed by atoms with Gasteiger partial charge in [-0.15, -0.1) is 0 Å². The molecular weight excluding hydrogens is 147 g/mol. The molecule has 4 heteroatoms. The highest BCUT2D eigenvalue weighted by atomic mass is 19.1. The molecule has 0 saturated heterocycles. The van der Waals surface area contributed by atoms with Crippen molar-refractivity contribution in [1.29, 1.82) is 5.26 Å². The molecule has 0 aliphatic carbocycles. The summed E-state index contributed by atoms with van der Waals surface area (Å²) in [4.78, 5) is 3.53. The van der Waals surface area contributed by atoms with Gasteiger partial charge in [-0.25, -0.2) is 4.39 Å². The van der Waals surface area contributed by atoms with Gasteiger partial charge in [-0.05, 0) is 6.07 Å². The highest BCUT2D eigenvalue weighted by Crippen LogP contribution is 2.05. The number of pyridine rings is 1. The molecule has 0 amide bonds. The van der Waals surface area contributed by atoms with Gasteiger partial charge < -0.3 is 5.11 Å². The van der Waals surface area contributed by atoms with Gasteiger partial charge in [0.15, 0.2) is 5.82 Å². The molecule has 0 aromatic carbocycles. The highest BCUT2D eigenvalue weighted by molar-refractivity contribution is 5.30. The molecule has 1 aromatic heterocycles. The Morgan fingerprint density at radius 3 is 3.00 bits per heavy atom. The smallest absolute Gasteiger partial charge is 0.159 e. The number of nitrogens with zero attached hydrogens (tertiary/aromatic N) is 2. The zero-order valence-corrected chi connectivity index (χ0v) is 5.58. The number of aromatic nitrogens is 1. The van der Waals surface area contributed by atoms with E-state index < -0.39 is 5.82 Å². The SMILES string of the molecule is N#Cc1cc(CO)ncc1F. The van der Waals surface area contributed by atoms with Crippen LogP contribution in [-0.2, 0) is 6.61 Å². The molecule has 0 unspecified atom stereocenters. The average molecular weight is 152 g/mol. The van der Waals surface area contributed by atoms with Crippen molar-refractivity contribution in [3.63, 3.8) is 0 Å². The van der Waals surface area contributed by atoms with Gasteiger partial charge in [-0.2, -0.15) is 5.26 Å². The van der Waals surface area contributed by atoms with Gasteiger partial charge in [0, 0.05) is 0 Å². The van der Waals surface area contributed by atoms with Crippen LogP contribution in [0, 0.1) is 17.1 Å². The lowest BCUT2D eigenvalue weighted by Gasteiger charge is -1.95.